The molecular formula is C26H34FN3O3. The van der Waals surface area contributed by atoms with Gasteiger partial charge in [-0.25, -0.2) is 4.39 Å². The van der Waals surface area contributed by atoms with Crippen LogP contribution in [-0.2, 0) is 4.79 Å². The van der Waals surface area contributed by atoms with Gasteiger partial charge in [-0.15, -0.1) is 0 Å². The Morgan fingerprint density at radius 1 is 1.03 bits per heavy atom. The number of amides is 2. The Hall–Kier alpha value is -2.93. The van der Waals surface area contributed by atoms with E-state index in [1.165, 1.54) is 24.6 Å². The van der Waals surface area contributed by atoms with Gasteiger partial charge >= 0.3 is 0 Å². The van der Waals surface area contributed by atoms with Crippen molar-refractivity contribution in [3.8, 4) is 5.75 Å². The highest BCUT2D eigenvalue weighted by Crippen LogP contribution is 2.26. The molecule has 0 spiro atoms. The number of benzene rings is 2. The van der Waals surface area contributed by atoms with Gasteiger partial charge in [0, 0.05) is 6.54 Å². The molecule has 178 valence electrons. The van der Waals surface area contributed by atoms with Gasteiger partial charge < -0.3 is 15.4 Å². The molecule has 2 N–H and O–H groups in total. The number of hydrogen-bond donors (Lipinski definition) is 2. The standard InChI is InChI=1S/C26H34FN3O3/c1-18(2)24(29-25(31)21-9-5-6-10-22(21)27)26(32)28-17-23(30-15-7-4-8-16-30)19-11-13-20(33-3)14-12-19/h5-6,9-14,18,23-24H,4,7-8,15-17H2,1-3H3,(H,28,32)(H,29,31). The summed E-state index contributed by atoms with van der Waals surface area (Å²) in [5.74, 6) is -0.844. The molecule has 1 aliphatic rings. The van der Waals surface area contributed by atoms with E-state index in [1.54, 1.807) is 13.2 Å². The number of carbonyl (C=O) groups is 2. The summed E-state index contributed by atoms with van der Waals surface area (Å²) in [5, 5.41) is 5.75. The van der Waals surface area contributed by atoms with Crippen molar-refractivity contribution in [1.82, 2.24) is 15.5 Å². The molecule has 1 saturated heterocycles. The highest BCUT2D eigenvalue weighted by molar-refractivity contribution is 5.97. The van der Waals surface area contributed by atoms with Crippen molar-refractivity contribution in [3.05, 3.63) is 65.5 Å². The first kappa shape index (κ1) is 24.7. The van der Waals surface area contributed by atoms with Crippen molar-refractivity contribution in [1.29, 1.82) is 0 Å². The maximum atomic E-state index is 14.0. The molecule has 7 heteroatoms. The lowest BCUT2D eigenvalue weighted by Gasteiger charge is -2.35. The topological polar surface area (TPSA) is 70.7 Å². The zero-order valence-corrected chi connectivity index (χ0v) is 19.6. The molecule has 0 aromatic heterocycles. The monoisotopic (exact) mass is 455 g/mol. The molecule has 0 aliphatic carbocycles. The second-order valence-corrected chi connectivity index (χ2v) is 8.81. The van der Waals surface area contributed by atoms with Gasteiger partial charge in [-0.3, -0.25) is 14.5 Å². The smallest absolute Gasteiger partial charge is 0.254 e. The molecule has 0 saturated carbocycles. The van der Waals surface area contributed by atoms with E-state index in [0.717, 1.165) is 37.2 Å². The van der Waals surface area contributed by atoms with Crippen LogP contribution >= 0.6 is 0 Å². The van der Waals surface area contributed by atoms with Gasteiger partial charge in [-0.05, 0) is 61.7 Å². The first-order valence-electron chi connectivity index (χ1n) is 11.6. The van der Waals surface area contributed by atoms with Crippen molar-refractivity contribution >= 4 is 11.8 Å². The Morgan fingerprint density at radius 3 is 2.30 bits per heavy atom. The molecule has 3 rings (SSSR count). The van der Waals surface area contributed by atoms with E-state index in [4.69, 9.17) is 4.74 Å². The lowest BCUT2D eigenvalue weighted by atomic mass is 10.00. The molecule has 2 amide bonds. The van der Waals surface area contributed by atoms with E-state index in [-0.39, 0.29) is 23.4 Å². The second kappa shape index (κ2) is 11.8. The fourth-order valence-corrected chi connectivity index (χ4v) is 4.22. The molecule has 1 aliphatic heterocycles. The fraction of sp³-hybridized carbons (Fsp3) is 0.462. The van der Waals surface area contributed by atoms with Crippen LogP contribution in [0.4, 0.5) is 4.39 Å². The van der Waals surface area contributed by atoms with Crippen LogP contribution in [0.2, 0.25) is 0 Å². The Bertz CT molecular complexity index is 927. The van der Waals surface area contributed by atoms with E-state index in [0.29, 0.717) is 6.54 Å². The third-order valence-corrected chi connectivity index (χ3v) is 6.16. The first-order chi connectivity index (χ1) is 15.9. The van der Waals surface area contributed by atoms with Crippen molar-refractivity contribution in [2.24, 2.45) is 5.92 Å². The summed E-state index contributed by atoms with van der Waals surface area (Å²) in [4.78, 5) is 28.1. The number of likely N-dealkylation sites (tertiary alicyclic amines) is 1. The minimum absolute atomic E-state index is 0.0234. The van der Waals surface area contributed by atoms with Crippen LogP contribution < -0.4 is 15.4 Å². The molecule has 2 unspecified atom stereocenters. The quantitative estimate of drug-likeness (QED) is 0.601. The van der Waals surface area contributed by atoms with Gasteiger partial charge in [0.1, 0.15) is 17.6 Å². The molecule has 2 atom stereocenters. The Morgan fingerprint density at radius 2 is 1.70 bits per heavy atom. The number of hydrogen-bond acceptors (Lipinski definition) is 4. The van der Waals surface area contributed by atoms with Gasteiger partial charge in [0.05, 0.1) is 18.7 Å². The van der Waals surface area contributed by atoms with E-state index < -0.39 is 17.8 Å². The summed E-state index contributed by atoms with van der Waals surface area (Å²) < 4.78 is 19.3. The van der Waals surface area contributed by atoms with Crippen molar-refractivity contribution in [3.63, 3.8) is 0 Å². The van der Waals surface area contributed by atoms with Gasteiger partial charge in [0.15, 0.2) is 0 Å². The Kier molecular flexibility index (Phi) is 8.83. The molecular weight excluding hydrogens is 421 g/mol. The lowest BCUT2D eigenvalue weighted by Crippen LogP contribution is -2.51. The van der Waals surface area contributed by atoms with Gasteiger partial charge in [0.25, 0.3) is 5.91 Å². The maximum absolute atomic E-state index is 14.0. The number of piperidine rings is 1. The highest BCUT2D eigenvalue weighted by atomic mass is 19.1. The summed E-state index contributed by atoms with van der Waals surface area (Å²) in [6.07, 6.45) is 3.48. The zero-order valence-electron chi connectivity index (χ0n) is 19.6. The third kappa shape index (κ3) is 6.54. The van der Waals surface area contributed by atoms with Crippen molar-refractivity contribution < 1.29 is 18.7 Å². The molecule has 6 nitrogen and oxygen atoms in total. The minimum atomic E-state index is -0.769. The number of ether oxygens (including phenoxy) is 1. The molecule has 0 radical (unpaired) electrons. The van der Waals surface area contributed by atoms with Gasteiger partial charge in [-0.1, -0.05) is 44.5 Å². The summed E-state index contributed by atoms with van der Waals surface area (Å²) in [7, 11) is 1.64. The van der Waals surface area contributed by atoms with E-state index in [1.807, 2.05) is 38.1 Å². The molecule has 33 heavy (non-hydrogen) atoms. The average Bonchev–Trinajstić information content (AvgIpc) is 2.83. The van der Waals surface area contributed by atoms with Crippen LogP contribution in [-0.4, -0.2) is 49.5 Å². The SMILES string of the molecule is COc1ccc(C(CNC(=O)C(NC(=O)c2ccccc2F)C(C)C)N2CCCCC2)cc1. The third-order valence-electron chi connectivity index (χ3n) is 6.16. The zero-order chi connectivity index (χ0) is 23.8. The molecule has 2 aromatic rings. The number of rotatable bonds is 9. The van der Waals surface area contributed by atoms with E-state index >= 15 is 0 Å². The average molecular weight is 456 g/mol. The first-order valence-corrected chi connectivity index (χ1v) is 11.6. The number of nitrogens with one attached hydrogen (secondary N) is 2. The Balaban J connectivity index is 1.71. The van der Waals surface area contributed by atoms with Gasteiger partial charge in [0.2, 0.25) is 5.91 Å². The van der Waals surface area contributed by atoms with Crippen molar-refractivity contribution in [2.45, 2.75) is 45.2 Å². The maximum Gasteiger partial charge on any atom is 0.254 e. The van der Waals surface area contributed by atoms with E-state index in [2.05, 4.69) is 15.5 Å². The van der Waals surface area contributed by atoms with Crippen LogP contribution in [0.1, 0.15) is 55.1 Å². The summed E-state index contributed by atoms with van der Waals surface area (Å²) in [6.45, 7) is 6.09. The minimum Gasteiger partial charge on any atom is -0.497 e. The molecule has 0 bridgehead atoms. The molecule has 1 fully saturated rings. The number of halogens is 1. The van der Waals surface area contributed by atoms with Crippen LogP contribution in [0.3, 0.4) is 0 Å². The summed E-state index contributed by atoms with van der Waals surface area (Å²) in [5.41, 5.74) is 1.04. The lowest BCUT2D eigenvalue weighted by molar-refractivity contribution is -0.124. The summed E-state index contributed by atoms with van der Waals surface area (Å²) >= 11 is 0. The molecule has 1 heterocycles. The Labute approximate surface area is 195 Å². The van der Waals surface area contributed by atoms with Crippen molar-refractivity contribution in [2.75, 3.05) is 26.7 Å². The number of nitrogens with zero attached hydrogens (tertiary/aromatic N) is 1. The second-order valence-electron chi connectivity index (χ2n) is 8.81. The van der Waals surface area contributed by atoms with Crippen LogP contribution in [0.15, 0.2) is 48.5 Å². The molecule has 2 aromatic carbocycles. The highest BCUT2D eigenvalue weighted by Gasteiger charge is 2.28. The largest absolute Gasteiger partial charge is 0.497 e. The number of methoxy groups -OCH3 is 1. The van der Waals surface area contributed by atoms with Crippen LogP contribution in [0.5, 0.6) is 5.75 Å². The van der Waals surface area contributed by atoms with Crippen LogP contribution in [0.25, 0.3) is 0 Å². The van der Waals surface area contributed by atoms with Crippen LogP contribution in [0, 0.1) is 11.7 Å². The van der Waals surface area contributed by atoms with E-state index in [9.17, 15) is 14.0 Å². The normalized spacial score (nSPS) is 16.2. The summed E-state index contributed by atoms with van der Waals surface area (Å²) in [6, 6.07) is 12.9. The number of carbonyl (C=O) groups excluding carboxylic acids is 2. The predicted molar refractivity (Wildman–Crippen MR) is 127 cm³/mol. The fourth-order valence-electron chi connectivity index (χ4n) is 4.22. The predicted octanol–water partition coefficient (Wildman–Crippen LogP) is 3.93. The van der Waals surface area contributed by atoms with Gasteiger partial charge in [-0.2, -0.15) is 0 Å².